The molecule has 76 heavy (non-hydrogen) atoms. The lowest BCUT2D eigenvalue weighted by Gasteiger charge is -2.28. The molecule has 1 aliphatic heterocycles. The van der Waals surface area contributed by atoms with E-state index < -0.39 is 96.1 Å². The Hall–Kier alpha value is -5.54. The second-order valence-corrected chi connectivity index (χ2v) is 19.1. The summed E-state index contributed by atoms with van der Waals surface area (Å²) < 4.78 is 4.86. The van der Waals surface area contributed by atoms with Gasteiger partial charge in [-0.1, -0.05) is 19.8 Å². The molecule has 9 amide bonds. The van der Waals surface area contributed by atoms with Gasteiger partial charge in [0.15, 0.2) is 0 Å². The first kappa shape index (κ1) is 68.5. The van der Waals surface area contributed by atoms with Gasteiger partial charge < -0.3 is 86.6 Å². The van der Waals surface area contributed by atoms with Crippen molar-refractivity contribution < 1.29 is 52.7 Å². The predicted molar refractivity (Wildman–Crippen MR) is 287 cm³/mol. The van der Waals surface area contributed by atoms with Gasteiger partial charge in [-0.3, -0.25) is 47.9 Å². The van der Waals surface area contributed by atoms with Crippen LogP contribution < -0.4 is 76.9 Å². The largest absolute Gasteiger partial charge is 0.468 e. The number of rotatable bonds is 46. The number of hydrogen-bond acceptors (Lipinski definition) is 17. The summed E-state index contributed by atoms with van der Waals surface area (Å²) in [5, 5.41) is 22.4. The van der Waals surface area contributed by atoms with Crippen molar-refractivity contribution in [3.8, 4) is 0 Å². The van der Waals surface area contributed by atoms with Gasteiger partial charge in [0.05, 0.1) is 19.2 Å². The zero-order valence-corrected chi connectivity index (χ0v) is 45.1. The van der Waals surface area contributed by atoms with Crippen molar-refractivity contribution in [2.45, 2.75) is 190 Å². The topological polar surface area (TPSA) is 436 Å². The minimum Gasteiger partial charge on any atom is -0.468 e. The Morgan fingerprint density at radius 3 is 1.39 bits per heavy atom. The molecule has 0 aliphatic carbocycles. The average molecular weight is 1080 g/mol. The van der Waals surface area contributed by atoms with Gasteiger partial charge in [0.2, 0.25) is 53.2 Å². The minimum absolute atomic E-state index is 0.105. The Kier molecular flexibility index (Phi) is 38.3. The molecule has 0 radical (unpaired) electrons. The van der Waals surface area contributed by atoms with Crippen molar-refractivity contribution in [2.75, 3.05) is 65.5 Å². The molecule has 1 rings (SSSR count). The molecule has 0 aromatic heterocycles. The number of unbranched alkanes of at least 4 members (excludes halogenated alkanes) is 7. The quantitative estimate of drug-likeness (QED) is 0.0212. The maximum absolute atomic E-state index is 14.1. The fraction of sp³-hybridized carbons (Fsp3) is 0.800. The second kappa shape index (κ2) is 42.6. The molecule has 7 unspecified atom stereocenters. The van der Waals surface area contributed by atoms with Crippen molar-refractivity contribution in [1.29, 1.82) is 0 Å². The molecular formula is C50H95N15O11. The summed E-state index contributed by atoms with van der Waals surface area (Å²) in [7, 11) is 0. The number of nitrogens with one attached hydrogen (secondary N) is 8. The van der Waals surface area contributed by atoms with Crippen molar-refractivity contribution in [2.24, 2.45) is 34.4 Å². The number of nitrogens with two attached hydrogens (primary N) is 6. The number of ether oxygens (including phenoxy) is 1. The lowest BCUT2D eigenvalue weighted by molar-refractivity contribution is -0.140. The summed E-state index contributed by atoms with van der Waals surface area (Å²) >= 11 is 0. The number of primary amides is 1. The molecular weight excluding hydrogens is 987 g/mol. The summed E-state index contributed by atoms with van der Waals surface area (Å²) in [6, 6.07) is -7.17. The van der Waals surface area contributed by atoms with Gasteiger partial charge in [-0.2, -0.15) is 0 Å². The summed E-state index contributed by atoms with van der Waals surface area (Å²) in [4.78, 5) is 134. The van der Waals surface area contributed by atoms with E-state index in [4.69, 9.17) is 39.1 Å². The van der Waals surface area contributed by atoms with Crippen LogP contribution in [0.3, 0.4) is 0 Å². The van der Waals surface area contributed by atoms with E-state index >= 15 is 0 Å². The van der Waals surface area contributed by atoms with E-state index in [1.165, 1.54) is 4.90 Å². The van der Waals surface area contributed by atoms with Crippen LogP contribution in [-0.4, -0.2) is 172 Å². The highest BCUT2D eigenvalue weighted by molar-refractivity contribution is 5.97. The molecule has 20 N–H and O–H groups in total. The lowest BCUT2D eigenvalue weighted by atomic mass is 10.0. The minimum atomic E-state index is -1.31. The first-order chi connectivity index (χ1) is 36.6. The maximum atomic E-state index is 14.1. The zero-order chi connectivity index (χ0) is 56.5. The third kappa shape index (κ3) is 29.1. The van der Waals surface area contributed by atoms with Gasteiger partial charge in [0, 0.05) is 25.9 Å². The van der Waals surface area contributed by atoms with Gasteiger partial charge in [-0.05, 0) is 155 Å². The van der Waals surface area contributed by atoms with Crippen LogP contribution in [0, 0.1) is 0 Å². The van der Waals surface area contributed by atoms with E-state index in [0.717, 1.165) is 6.42 Å². The van der Waals surface area contributed by atoms with Crippen molar-refractivity contribution >= 4 is 59.6 Å². The van der Waals surface area contributed by atoms with Crippen LogP contribution in [0.2, 0.25) is 0 Å². The monoisotopic (exact) mass is 1080 g/mol. The van der Waals surface area contributed by atoms with Gasteiger partial charge >= 0.3 is 0 Å². The molecule has 0 aromatic rings. The zero-order valence-electron chi connectivity index (χ0n) is 45.1. The predicted octanol–water partition coefficient (Wildman–Crippen LogP) is -3.13. The van der Waals surface area contributed by atoms with Gasteiger partial charge in [0.1, 0.15) is 36.3 Å². The van der Waals surface area contributed by atoms with Crippen LogP contribution in [0.25, 0.3) is 0 Å². The van der Waals surface area contributed by atoms with E-state index in [1.54, 1.807) is 0 Å². The van der Waals surface area contributed by atoms with Crippen LogP contribution in [0.4, 0.5) is 0 Å². The number of hydrogen-bond donors (Lipinski definition) is 14. The Balaban J connectivity index is 3.23. The fourth-order valence-corrected chi connectivity index (χ4v) is 8.63. The number of likely N-dealkylation sites (tertiary alicyclic amines) is 1. The molecule has 0 bridgehead atoms. The number of amides is 9. The molecule has 1 aliphatic rings. The van der Waals surface area contributed by atoms with Gasteiger partial charge in [0.25, 0.3) is 6.47 Å². The maximum Gasteiger partial charge on any atom is 0.293 e. The molecule has 26 nitrogen and oxygen atoms in total. The fourth-order valence-electron chi connectivity index (χ4n) is 8.63. The standard InChI is InChI=1S/C50H95N15O11/c1-2-57-35(17-5-10-25-51)46(71)62-38(20-8-13-28-54)47(72)61-37(19-7-12-27-53)45(70)59-33-43(68)65-31-16-22-41(65)50(75)64-39(21-9-14-29-55)48(73)63-40(24-32-76-34-66)49(74)60-36(18-6-11-26-52)44(69)58-30-15-3-4-23-42(56)67/h34-41,57H,2-33,51-55H2,1H3,(H2,56,67)(H,58,69)(H,59,70)(H,60,74)(H,61,72)(H,62,71)(H,63,73)(H,64,75). The molecule has 436 valence electrons. The van der Waals surface area contributed by atoms with Crippen LogP contribution in [0.15, 0.2) is 0 Å². The van der Waals surface area contributed by atoms with E-state index in [2.05, 4.69) is 42.5 Å². The number of carbonyl (C=O) groups is 10. The van der Waals surface area contributed by atoms with Crippen LogP contribution in [-0.2, 0) is 52.7 Å². The third-order valence-electron chi connectivity index (χ3n) is 12.9. The highest BCUT2D eigenvalue weighted by Gasteiger charge is 2.37. The molecule has 7 atom stereocenters. The van der Waals surface area contributed by atoms with Gasteiger partial charge in [-0.25, -0.2) is 0 Å². The lowest BCUT2D eigenvalue weighted by Crippen LogP contribution is -2.58. The molecule has 0 saturated carbocycles. The molecule has 1 fully saturated rings. The number of likely N-dealkylation sites (N-methyl/N-ethyl adjacent to an activating group) is 1. The summed E-state index contributed by atoms with van der Waals surface area (Å²) in [5.74, 6) is -5.17. The van der Waals surface area contributed by atoms with Gasteiger partial charge in [-0.15, -0.1) is 0 Å². The number of nitrogens with zero attached hydrogens (tertiary/aromatic N) is 1. The molecule has 1 saturated heterocycles. The molecule has 0 aromatic carbocycles. The average Bonchev–Trinajstić information content (AvgIpc) is 3.90. The Labute approximate surface area is 449 Å². The first-order valence-electron chi connectivity index (χ1n) is 27.6. The smallest absolute Gasteiger partial charge is 0.293 e. The van der Waals surface area contributed by atoms with Crippen molar-refractivity contribution in [1.82, 2.24) is 47.4 Å². The Bertz CT molecular complexity index is 1750. The van der Waals surface area contributed by atoms with E-state index in [9.17, 15) is 47.9 Å². The first-order valence-corrected chi connectivity index (χ1v) is 27.6. The highest BCUT2D eigenvalue weighted by Crippen LogP contribution is 2.19. The number of carbonyl (C=O) groups excluding carboxylic acids is 10. The van der Waals surface area contributed by atoms with Crippen molar-refractivity contribution in [3.05, 3.63) is 0 Å². The summed E-state index contributed by atoms with van der Waals surface area (Å²) in [6.07, 6.45) is 9.42. The summed E-state index contributed by atoms with van der Waals surface area (Å²) in [5.41, 5.74) is 33.8. The Morgan fingerprint density at radius 1 is 0.526 bits per heavy atom. The molecule has 0 spiro atoms. The molecule has 26 heteroatoms. The van der Waals surface area contributed by atoms with Crippen LogP contribution in [0.5, 0.6) is 0 Å². The molecule has 1 heterocycles. The van der Waals surface area contributed by atoms with Crippen molar-refractivity contribution in [3.63, 3.8) is 0 Å². The van der Waals surface area contributed by atoms with Crippen LogP contribution >= 0.6 is 0 Å². The van der Waals surface area contributed by atoms with E-state index in [-0.39, 0.29) is 77.0 Å². The van der Waals surface area contributed by atoms with E-state index in [0.29, 0.717) is 129 Å². The second-order valence-electron chi connectivity index (χ2n) is 19.1. The highest BCUT2D eigenvalue weighted by atomic mass is 16.5. The normalized spacial score (nSPS) is 15.4. The van der Waals surface area contributed by atoms with Crippen LogP contribution in [0.1, 0.15) is 148 Å². The summed E-state index contributed by atoms with van der Waals surface area (Å²) in [6.45, 7) is 4.14. The third-order valence-corrected chi connectivity index (χ3v) is 12.9. The SMILES string of the molecule is CCNC(CCCCN)C(=O)NC(CCCCN)C(=O)NC(CCCCN)C(=O)NCC(=O)N1CCCC1C(=O)NC(CCCCN)C(=O)NC(CCOC=O)C(=O)NC(CCCCN)C(=O)NCCCCCC(N)=O. The Morgan fingerprint density at radius 2 is 0.947 bits per heavy atom. The van der Waals surface area contributed by atoms with E-state index in [1.807, 2.05) is 6.92 Å².